The van der Waals surface area contributed by atoms with Gasteiger partial charge in [0, 0.05) is 0 Å². The number of aliphatic imine (C=N–C) groups is 2. The molecule has 1 rings (SSSR count). The molecular weight excluding hydrogens is 170 g/mol. The molecule has 0 radical (unpaired) electrons. The summed E-state index contributed by atoms with van der Waals surface area (Å²) < 4.78 is 0. The molecule has 0 aromatic carbocycles. The van der Waals surface area contributed by atoms with Crippen LogP contribution in [0.15, 0.2) is 9.98 Å². The molecule has 0 saturated heterocycles. The minimum atomic E-state index is -0.428. The fourth-order valence-electron chi connectivity index (χ4n) is 1.29. The van der Waals surface area contributed by atoms with Gasteiger partial charge in [-0.1, -0.05) is 0 Å². The second-order valence-electron chi connectivity index (χ2n) is 3.24. The van der Waals surface area contributed by atoms with Gasteiger partial charge >= 0.3 is 0 Å². The number of aliphatic hydroxyl groups is 1. The van der Waals surface area contributed by atoms with E-state index in [0.29, 0.717) is 0 Å². The van der Waals surface area contributed by atoms with E-state index in [1.165, 1.54) is 0 Å². The zero-order chi connectivity index (χ0) is 9.90. The highest BCUT2D eigenvalue weighted by atomic mass is 16.3. The van der Waals surface area contributed by atoms with E-state index in [1.54, 1.807) is 0 Å². The summed E-state index contributed by atoms with van der Waals surface area (Å²) in [5.41, 5.74) is 15.2. The standard InChI is InChI=1S/C7H15N5O/c8-5(9)11-6(10)12-7(4-13)2-1-3-7/h13H,1-4H2,(H6,8,9,10,11,12). The summed E-state index contributed by atoms with van der Waals surface area (Å²) in [5, 5.41) is 9.05. The number of guanidine groups is 2. The van der Waals surface area contributed by atoms with Crippen LogP contribution in [-0.4, -0.2) is 29.2 Å². The summed E-state index contributed by atoms with van der Waals surface area (Å²) in [6.07, 6.45) is 2.73. The number of hydrogen-bond acceptors (Lipinski definition) is 2. The van der Waals surface area contributed by atoms with Crippen molar-refractivity contribution in [1.29, 1.82) is 0 Å². The van der Waals surface area contributed by atoms with E-state index in [1.807, 2.05) is 0 Å². The molecule has 0 atom stereocenters. The zero-order valence-corrected chi connectivity index (χ0v) is 7.40. The minimum Gasteiger partial charge on any atom is -0.394 e. The lowest BCUT2D eigenvalue weighted by Gasteiger charge is -2.36. The maximum absolute atomic E-state index is 9.05. The number of rotatable bonds is 2. The average Bonchev–Trinajstić information content (AvgIpc) is 1.95. The van der Waals surface area contributed by atoms with Crippen LogP contribution in [0.1, 0.15) is 19.3 Å². The molecule has 0 bridgehead atoms. The van der Waals surface area contributed by atoms with Crippen LogP contribution in [0.5, 0.6) is 0 Å². The van der Waals surface area contributed by atoms with Gasteiger partial charge in [-0.25, -0.2) is 4.99 Å². The van der Waals surface area contributed by atoms with Gasteiger partial charge in [-0.05, 0) is 19.3 Å². The summed E-state index contributed by atoms with van der Waals surface area (Å²) in [7, 11) is 0. The molecule has 0 aromatic rings. The third kappa shape index (κ3) is 2.32. The zero-order valence-electron chi connectivity index (χ0n) is 7.40. The highest BCUT2D eigenvalue weighted by Crippen LogP contribution is 2.35. The Morgan fingerprint density at radius 1 is 1.31 bits per heavy atom. The van der Waals surface area contributed by atoms with Gasteiger partial charge in [-0.15, -0.1) is 0 Å². The van der Waals surface area contributed by atoms with Crippen LogP contribution in [0.25, 0.3) is 0 Å². The van der Waals surface area contributed by atoms with Gasteiger partial charge in [-0.2, -0.15) is 4.99 Å². The first kappa shape index (κ1) is 9.79. The summed E-state index contributed by atoms with van der Waals surface area (Å²) in [6.45, 7) is -0.00625. The lowest BCUT2D eigenvalue weighted by Crippen LogP contribution is -2.41. The second kappa shape index (κ2) is 3.61. The van der Waals surface area contributed by atoms with E-state index in [4.69, 9.17) is 22.3 Å². The largest absolute Gasteiger partial charge is 0.394 e. The topological polar surface area (TPSA) is 123 Å². The Bertz CT molecular complexity index is 234. The number of nitrogens with zero attached hydrogens (tertiary/aromatic N) is 2. The Labute approximate surface area is 76.5 Å². The second-order valence-corrected chi connectivity index (χ2v) is 3.24. The Morgan fingerprint density at radius 3 is 2.23 bits per heavy atom. The number of nitrogens with two attached hydrogens (primary N) is 3. The molecular formula is C7H15N5O. The summed E-state index contributed by atoms with van der Waals surface area (Å²) in [5.74, 6) is -0.0811. The van der Waals surface area contributed by atoms with Crippen molar-refractivity contribution in [3.63, 3.8) is 0 Å². The van der Waals surface area contributed by atoms with Gasteiger partial charge in [0.05, 0.1) is 12.1 Å². The summed E-state index contributed by atoms with van der Waals surface area (Å²) in [4.78, 5) is 7.65. The Morgan fingerprint density at radius 2 is 1.92 bits per heavy atom. The van der Waals surface area contributed by atoms with Crippen LogP contribution in [0.4, 0.5) is 0 Å². The molecule has 6 heteroatoms. The first-order chi connectivity index (χ1) is 6.08. The molecule has 0 spiro atoms. The number of hydrogen-bond donors (Lipinski definition) is 4. The van der Waals surface area contributed by atoms with Crippen molar-refractivity contribution in [3.8, 4) is 0 Å². The molecule has 0 aromatic heterocycles. The van der Waals surface area contributed by atoms with Crippen molar-refractivity contribution in [3.05, 3.63) is 0 Å². The minimum absolute atomic E-state index is 0.00625. The van der Waals surface area contributed by atoms with E-state index >= 15 is 0 Å². The van der Waals surface area contributed by atoms with Crippen LogP contribution >= 0.6 is 0 Å². The van der Waals surface area contributed by atoms with E-state index in [2.05, 4.69) is 9.98 Å². The average molecular weight is 185 g/mol. The van der Waals surface area contributed by atoms with Gasteiger partial charge in [0.15, 0.2) is 5.96 Å². The maximum Gasteiger partial charge on any atom is 0.219 e. The molecule has 13 heavy (non-hydrogen) atoms. The SMILES string of the molecule is NC(N)=NC(N)=NC1(CO)CCC1. The van der Waals surface area contributed by atoms with Crippen molar-refractivity contribution in [2.24, 2.45) is 27.2 Å². The Hall–Kier alpha value is -1.30. The van der Waals surface area contributed by atoms with Gasteiger partial charge < -0.3 is 22.3 Å². The maximum atomic E-state index is 9.05. The van der Waals surface area contributed by atoms with Crippen LogP contribution in [0, 0.1) is 0 Å². The fraction of sp³-hybridized carbons (Fsp3) is 0.714. The third-order valence-electron chi connectivity index (χ3n) is 2.17. The lowest BCUT2D eigenvalue weighted by molar-refractivity contribution is 0.128. The van der Waals surface area contributed by atoms with Crippen molar-refractivity contribution < 1.29 is 5.11 Å². The van der Waals surface area contributed by atoms with Crippen LogP contribution in [-0.2, 0) is 0 Å². The summed E-state index contributed by atoms with van der Waals surface area (Å²) >= 11 is 0. The van der Waals surface area contributed by atoms with Crippen molar-refractivity contribution in [2.75, 3.05) is 6.61 Å². The highest BCUT2D eigenvalue weighted by molar-refractivity contribution is 5.92. The van der Waals surface area contributed by atoms with E-state index in [-0.39, 0.29) is 18.5 Å². The van der Waals surface area contributed by atoms with Gasteiger partial charge in [-0.3, -0.25) is 0 Å². The molecule has 1 fully saturated rings. The van der Waals surface area contributed by atoms with Crippen LogP contribution in [0.2, 0.25) is 0 Å². The van der Waals surface area contributed by atoms with E-state index in [9.17, 15) is 0 Å². The molecule has 1 aliphatic rings. The van der Waals surface area contributed by atoms with E-state index < -0.39 is 5.54 Å². The van der Waals surface area contributed by atoms with Gasteiger partial charge in [0.2, 0.25) is 5.96 Å². The van der Waals surface area contributed by atoms with Gasteiger partial charge in [0.25, 0.3) is 0 Å². The molecule has 0 aliphatic heterocycles. The van der Waals surface area contributed by atoms with Crippen LogP contribution in [0.3, 0.4) is 0 Å². The summed E-state index contributed by atoms with van der Waals surface area (Å²) in [6, 6.07) is 0. The van der Waals surface area contributed by atoms with Crippen molar-refractivity contribution >= 4 is 11.9 Å². The number of aliphatic hydroxyl groups excluding tert-OH is 1. The molecule has 74 valence electrons. The highest BCUT2D eigenvalue weighted by Gasteiger charge is 2.36. The van der Waals surface area contributed by atoms with Gasteiger partial charge in [0.1, 0.15) is 0 Å². The first-order valence-electron chi connectivity index (χ1n) is 4.14. The Balaban J connectivity index is 2.68. The van der Waals surface area contributed by atoms with E-state index in [0.717, 1.165) is 19.3 Å². The molecule has 0 heterocycles. The molecule has 1 saturated carbocycles. The van der Waals surface area contributed by atoms with Crippen molar-refractivity contribution in [2.45, 2.75) is 24.8 Å². The molecule has 0 amide bonds. The Kier molecular flexibility index (Phi) is 2.72. The smallest absolute Gasteiger partial charge is 0.219 e. The lowest BCUT2D eigenvalue weighted by atomic mass is 9.78. The van der Waals surface area contributed by atoms with Crippen LogP contribution < -0.4 is 17.2 Å². The normalized spacial score (nSPS) is 20.5. The molecule has 7 N–H and O–H groups in total. The predicted molar refractivity (Wildman–Crippen MR) is 51.1 cm³/mol. The molecule has 1 aliphatic carbocycles. The van der Waals surface area contributed by atoms with Crippen molar-refractivity contribution in [1.82, 2.24) is 0 Å². The quantitative estimate of drug-likeness (QED) is 0.308. The first-order valence-corrected chi connectivity index (χ1v) is 4.14. The monoisotopic (exact) mass is 185 g/mol. The predicted octanol–water partition coefficient (Wildman–Crippen LogP) is -1.51. The third-order valence-corrected chi connectivity index (χ3v) is 2.17. The fourth-order valence-corrected chi connectivity index (χ4v) is 1.29. The molecule has 6 nitrogen and oxygen atoms in total. The molecule has 0 unspecified atom stereocenters.